The topological polar surface area (TPSA) is 89.2 Å². The molecule has 6 nitrogen and oxygen atoms in total. The highest BCUT2D eigenvalue weighted by Crippen LogP contribution is 2.30. The van der Waals surface area contributed by atoms with Crippen LogP contribution in [0.5, 0.6) is 0 Å². The van der Waals surface area contributed by atoms with Crippen molar-refractivity contribution < 1.29 is 9.59 Å². The molecular formula is C22H22N4O2. The lowest BCUT2D eigenvalue weighted by Gasteiger charge is -2.33. The third-order valence-electron chi connectivity index (χ3n) is 5.35. The van der Waals surface area contributed by atoms with Crippen molar-refractivity contribution in [3.05, 3.63) is 71.2 Å². The van der Waals surface area contributed by atoms with E-state index in [-0.39, 0.29) is 11.8 Å². The van der Waals surface area contributed by atoms with E-state index in [4.69, 9.17) is 10.7 Å². The van der Waals surface area contributed by atoms with Gasteiger partial charge in [-0.15, -0.1) is 0 Å². The van der Waals surface area contributed by atoms with Crippen LogP contribution < -0.4 is 5.73 Å². The minimum absolute atomic E-state index is 0.0261. The second-order valence-corrected chi connectivity index (χ2v) is 7.20. The van der Waals surface area contributed by atoms with E-state index in [0.717, 1.165) is 29.4 Å². The highest BCUT2D eigenvalue weighted by Gasteiger charge is 2.29. The zero-order valence-electron chi connectivity index (χ0n) is 15.8. The summed E-state index contributed by atoms with van der Waals surface area (Å²) in [5.74, 6) is -0.543. The summed E-state index contributed by atoms with van der Waals surface area (Å²) in [7, 11) is 0. The van der Waals surface area contributed by atoms with Gasteiger partial charge in [-0.1, -0.05) is 18.2 Å². The minimum Gasteiger partial charge on any atom is -0.366 e. The van der Waals surface area contributed by atoms with Gasteiger partial charge >= 0.3 is 0 Å². The molecular weight excluding hydrogens is 352 g/mol. The Labute approximate surface area is 163 Å². The highest BCUT2D eigenvalue weighted by molar-refractivity contribution is 5.98. The summed E-state index contributed by atoms with van der Waals surface area (Å²) in [6.45, 7) is 3.03. The number of primary amides is 1. The van der Waals surface area contributed by atoms with Gasteiger partial charge in [-0.3, -0.25) is 19.6 Å². The first-order chi connectivity index (χ1) is 13.5. The molecule has 0 aliphatic carbocycles. The lowest BCUT2D eigenvalue weighted by atomic mass is 9.90. The smallest absolute Gasteiger partial charge is 0.255 e. The number of hydrogen-bond donors (Lipinski definition) is 1. The summed E-state index contributed by atoms with van der Waals surface area (Å²) in [4.78, 5) is 35.9. The lowest BCUT2D eigenvalue weighted by Crippen LogP contribution is -2.40. The fraction of sp³-hybridized carbons (Fsp3) is 0.273. The molecule has 2 aromatic heterocycles. The second kappa shape index (κ2) is 7.38. The SMILES string of the molecule is Cc1ncccc1C(=O)N1CCCC(c2nc3ccccc3cc2C(N)=O)C1. The largest absolute Gasteiger partial charge is 0.366 e. The minimum atomic E-state index is -0.486. The number of hydrogen-bond acceptors (Lipinski definition) is 4. The Hall–Kier alpha value is -3.28. The van der Waals surface area contributed by atoms with Gasteiger partial charge in [-0.25, -0.2) is 0 Å². The van der Waals surface area contributed by atoms with Gasteiger partial charge in [0, 0.05) is 36.3 Å². The number of carbonyl (C=O) groups excluding carboxylic acids is 2. The number of likely N-dealkylation sites (tertiary alicyclic amines) is 1. The van der Waals surface area contributed by atoms with Crippen LogP contribution in [0.15, 0.2) is 48.7 Å². The van der Waals surface area contributed by atoms with Gasteiger partial charge in [-0.05, 0) is 44.0 Å². The predicted octanol–water partition coefficient (Wildman–Crippen LogP) is 3.06. The van der Waals surface area contributed by atoms with Crippen LogP contribution in [0, 0.1) is 6.92 Å². The number of fused-ring (bicyclic) bond motifs is 1. The number of nitrogens with zero attached hydrogens (tertiary/aromatic N) is 3. The Kier molecular flexibility index (Phi) is 4.77. The first-order valence-electron chi connectivity index (χ1n) is 9.45. The summed E-state index contributed by atoms with van der Waals surface area (Å²) >= 11 is 0. The molecule has 3 heterocycles. The van der Waals surface area contributed by atoms with Crippen LogP contribution in [0.3, 0.4) is 0 Å². The zero-order valence-corrected chi connectivity index (χ0v) is 15.8. The Morgan fingerprint density at radius 3 is 2.75 bits per heavy atom. The van der Waals surface area contributed by atoms with Gasteiger partial charge in [-0.2, -0.15) is 0 Å². The molecule has 4 rings (SSSR count). The van der Waals surface area contributed by atoms with E-state index >= 15 is 0 Å². The Morgan fingerprint density at radius 1 is 1.14 bits per heavy atom. The molecule has 28 heavy (non-hydrogen) atoms. The van der Waals surface area contributed by atoms with Crippen molar-refractivity contribution >= 4 is 22.7 Å². The van der Waals surface area contributed by atoms with Crippen molar-refractivity contribution in [3.8, 4) is 0 Å². The van der Waals surface area contributed by atoms with E-state index in [1.54, 1.807) is 18.3 Å². The molecule has 1 aliphatic rings. The van der Waals surface area contributed by atoms with E-state index < -0.39 is 5.91 Å². The number of para-hydroxylation sites is 1. The Morgan fingerprint density at radius 2 is 1.96 bits per heavy atom. The molecule has 1 atom stereocenters. The molecule has 0 saturated carbocycles. The number of benzene rings is 1. The van der Waals surface area contributed by atoms with E-state index in [1.807, 2.05) is 42.2 Å². The van der Waals surface area contributed by atoms with Crippen LogP contribution in [0.25, 0.3) is 10.9 Å². The summed E-state index contributed by atoms with van der Waals surface area (Å²) in [5, 5.41) is 0.884. The summed E-state index contributed by atoms with van der Waals surface area (Å²) in [5.41, 5.74) is 8.94. The number of aromatic nitrogens is 2. The summed E-state index contributed by atoms with van der Waals surface area (Å²) < 4.78 is 0. The van der Waals surface area contributed by atoms with Gasteiger partial charge in [0.05, 0.1) is 22.3 Å². The fourth-order valence-electron chi connectivity index (χ4n) is 3.90. The molecule has 1 unspecified atom stereocenters. The monoisotopic (exact) mass is 374 g/mol. The van der Waals surface area contributed by atoms with Crippen molar-refractivity contribution in [3.63, 3.8) is 0 Å². The number of piperidine rings is 1. The molecule has 1 aliphatic heterocycles. The Balaban J connectivity index is 1.68. The molecule has 6 heteroatoms. The first kappa shape index (κ1) is 18.1. The van der Waals surface area contributed by atoms with Crippen LogP contribution in [0.1, 0.15) is 50.9 Å². The number of nitrogens with two attached hydrogens (primary N) is 1. The van der Waals surface area contributed by atoms with Crippen molar-refractivity contribution in [1.82, 2.24) is 14.9 Å². The molecule has 2 N–H and O–H groups in total. The molecule has 0 radical (unpaired) electrons. The molecule has 0 spiro atoms. The number of carbonyl (C=O) groups is 2. The normalized spacial score (nSPS) is 16.9. The molecule has 142 valence electrons. The van der Waals surface area contributed by atoms with Crippen LogP contribution >= 0.6 is 0 Å². The van der Waals surface area contributed by atoms with Crippen LogP contribution in [-0.2, 0) is 0 Å². The molecule has 2 amide bonds. The van der Waals surface area contributed by atoms with E-state index in [9.17, 15) is 9.59 Å². The van der Waals surface area contributed by atoms with Gasteiger partial charge < -0.3 is 10.6 Å². The molecule has 0 bridgehead atoms. The van der Waals surface area contributed by atoms with Gasteiger partial charge in [0.15, 0.2) is 0 Å². The average Bonchev–Trinajstić information content (AvgIpc) is 2.72. The number of pyridine rings is 2. The maximum atomic E-state index is 13.0. The lowest BCUT2D eigenvalue weighted by molar-refractivity contribution is 0.0704. The average molecular weight is 374 g/mol. The van der Waals surface area contributed by atoms with Crippen LogP contribution in [-0.4, -0.2) is 39.8 Å². The maximum Gasteiger partial charge on any atom is 0.255 e. The quantitative estimate of drug-likeness (QED) is 0.763. The number of amides is 2. The zero-order chi connectivity index (χ0) is 19.7. The van der Waals surface area contributed by atoms with Gasteiger partial charge in [0.1, 0.15) is 0 Å². The van der Waals surface area contributed by atoms with Crippen LogP contribution in [0.2, 0.25) is 0 Å². The standard InChI is InChI=1S/C22H22N4O2/c1-14-17(8-4-10-24-14)22(28)26-11-5-7-16(13-26)20-18(21(23)27)12-15-6-2-3-9-19(15)25-20/h2-4,6,8-10,12,16H,5,7,11,13H2,1H3,(H2,23,27). The number of aryl methyl sites for hydroxylation is 1. The van der Waals surface area contributed by atoms with Crippen molar-refractivity contribution in [2.24, 2.45) is 5.73 Å². The van der Waals surface area contributed by atoms with Gasteiger partial charge in [0.25, 0.3) is 11.8 Å². The highest BCUT2D eigenvalue weighted by atomic mass is 16.2. The number of rotatable bonds is 3. The van der Waals surface area contributed by atoms with Crippen molar-refractivity contribution in [1.29, 1.82) is 0 Å². The maximum absolute atomic E-state index is 13.0. The Bertz CT molecular complexity index is 1060. The van der Waals surface area contributed by atoms with E-state index in [2.05, 4.69) is 4.98 Å². The molecule has 1 aromatic carbocycles. The van der Waals surface area contributed by atoms with Crippen molar-refractivity contribution in [2.45, 2.75) is 25.7 Å². The van der Waals surface area contributed by atoms with E-state index in [0.29, 0.717) is 29.9 Å². The first-order valence-corrected chi connectivity index (χ1v) is 9.45. The predicted molar refractivity (Wildman–Crippen MR) is 107 cm³/mol. The van der Waals surface area contributed by atoms with Gasteiger partial charge in [0.2, 0.25) is 0 Å². The van der Waals surface area contributed by atoms with E-state index in [1.165, 1.54) is 0 Å². The fourth-order valence-corrected chi connectivity index (χ4v) is 3.90. The van der Waals surface area contributed by atoms with Crippen LogP contribution in [0.4, 0.5) is 0 Å². The summed E-state index contributed by atoms with van der Waals surface area (Å²) in [6, 6.07) is 13.1. The van der Waals surface area contributed by atoms with Crippen molar-refractivity contribution in [2.75, 3.05) is 13.1 Å². The molecule has 3 aromatic rings. The third kappa shape index (κ3) is 3.33. The third-order valence-corrected chi connectivity index (χ3v) is 5.35. The molecule has 1 saturated heterocycles. The molecule has 1 fully saturated rings. The second-order valence-electron chi connectivity index (χ2n) is 7.20. The summed E-state index contributed by atoms with van der Waals surface area (Å²) in [6.07, 6.45) is 3.40.